The summed E-state index contributed by atoms with van der Waals surface area (Å²) in [6.07, 6.45) is 3.53. The monoisotopic (exact) mass is 371 g/mol. The number of ketones is 1. The zero-order valence-corrected chi connectivity index (χ0v) is 15.1. The molecule has 3 rings (SSSR count). The summed E-state index contributed by atoms with van der Waals surface area (Å²) in [6, 6.07) is 4.10. The number of hydrogen-bond donors (Lipinski definition) is 3. The van der Waals surface area contributed by atoms with E-state index in [0.29, 0.717) is 24.4 Å². The van der Waals surface area contributed by atoms with Gasteiger partial charge in [-0.1, -0.05) is 19.9 Å². The van der Waals surface area contributed by atoms with Crippen LogP contribution in [0.15, 0.2) is 35.0 Å². The maximum atomic E-state index is 12.6. The molecule has 1 saturated heterocycles. The lowest BCUT2D eigenvalue weighted by atomic mass is 10.0. The molecule has 0 bridgehead atoms. The van der Waals surface area contributed by atoms with Gasteiger partial charge >= 0.3 is 0 Å². The van der Waals surface area contributed by atoms with E-state index in [2.05, 4.69) is 25.9 Å². The van der Waals surface area contributed by atoms with Gasteiger partial charge in [-0.2, -0.15) is 0 Å². The molecule has 2 unspecified atom stereocenters. The Labute approximate surface area is 155 Å². The number of nitrogens with zero attached hydrogens (tertiary/aromatic N) is 2. The van der Waals surface area contributed by atoms with Crippen molar-refractivity contribution in [2.24, 2.45) is 5.92 Å². The Kier molecular flexibility index (Phi) is 5.49. The quantitative estimate of drug-likeness (QED) is 0.640. The Balaban J connectivity index is 1.69. The highest BCUT2D eigenvalue weighted by Crippen LogP contribution is 2.21. The Bertz CT molecular complexity index is 833. The van der Waals surface area contributed by atoms with Gasteiger partial charge in [0.1, 0.15) is 11.7 Å². The van der Waals surface area contributed by atoms with Gasteiger partial charge in [-0.05, 0) is 24.5 Å². The fourth-order valence-corrected chi connectivity index (χ4v) is 2.74. The Morgan fingerprint density at radius 2 is 2.11 bits per heavy atom. The molecule has 1 fully saturated rings. The maximum absolute atomic E-state index is 12.6. The Hall–Kier alpha value is -3.23. The number of carbonyl (C=O) groups is 3. The van der Waals surface area contributed by atoms with Crippen LogP contribution < -0.4 is 16.0 Å². The van der Waals surface area contributed by atoms with E-state index in [1.165, 1.54) is 6.20 Å². The number of oxazole rings is 1. The van der Waals surface area contributed by atoms with Crippen LogP contribution in [0.5, 0.6) is 0 Å². The highest BCUT2D eigenvalue weighted by atomic mass is 16.4. The van der Waals surface area contributed by atoms with Gasteiger partial charge in [0.15, 0.2) is 5.76 Å². The lowest BCUT2D eigenvalue weighted by Gasteiger charge is -2.26. The topological polar surface area (TPSA) is 126 Å². The summed E-state index contributed by atoms with van der Waals surface area (Å²) in [5.41, 5.74) is 0.627. The van der Waals surface area contributed by atoms with Gasteiger partial charge in [0.2, 0.25) is 11.7 Å². The van der Waals surface area contributed by atoms with Crippen molar-refractivity contribution in [2.45, 2.75) is 32.4 Å². The second-order valence-electron chi connectivity index (χ2n) is 6.58. The minimum Gasteiger partial charge on any atom is -0.422 e. The molecule has 142 valence electrons. The molecular formula is C18H21N5O4. The predicted molar refractivity (Wildman–Crippen MR) is 96.5 cm³/mol. The molecule has 9 heteroatoms. The molecule has 1 aliphatic rings. The number of carbonyl (C=O) groups excluding carboxylic acids is 3. The van der Waals surface area contributed by atoms with Gasteiger partial charge in [-0.15, -0.1) is 0 Å². The number of piperidine rings is 1. The van der Waals surface area contributed by atoms with Gasteiger partial charge in [-0.25, -0.2) is 4.98 Å². The number of amides is 2. The molecule has 0 spiro atoms. The van der Waals surface area contributed by atoms with Gasteiger partial charge in [-0.3, -0.25) is 19.4 Å². The summed E-state index contributed by atoms with van der Waals surface area (Å²) in [5, 5.41) is 8.06. The second kappa shape index (κ2) is 7.98. The van der Waals surface area contributed by atoms with Crippen molar-refractivity contribution in [2.75, 3.05) is 11.9 Å². The minimum atomic E-state index is -0.817. The molecular weight excluding hydrogens is 350 g/mol. The van der Waals surface area contributed by atoms with E-state index in [0.717, 1.165) is 0 Å². The van der Waals surface area contributed by atoms with Crippen molar-refractivity contribution in [3.05, 3.63) is 30.6 Å². The fourth-order valence-electron chi connectivity index (χ4n) is 2.74. The SMILES string of the molecule is CC(C)C(Nc1ncc(-c2ccccn2)o1)C(=O)NC1CCNC(=O)C1=O. The highest BCUT2D eigenvalue weighted by molar-refractivity contribution is 6.39. The zero-order chi connectivity index (χ0) is 19.4. The minimum absolute atomic E-state index is 0.109. The van der Waals surface area contributed by atoms with Crippen LogP contribution >= 0.6 is 0 Å². The summed E-state index contributed by atoms with van der Waals surface area (Å²) >= 11 is 0. The second-order valence-corrected chi connectivity index (χ2v) is 6.58. The lowest BCUT2D eigenvalue weighted by Crippen LogP contribution is -2.56. The molecule has 0 aliphatic carbocycles. The van der Waals surface area contributed by atoms with Crippen LogP contribution in [0.1, 0.15) is 20.3 Å². The van der Waals surface area contributed by atoms with Crippen molar-refractivity contribution in [1.82, 2.24) is 20.6 Å². The summed E-state index contributed by atoms with van der Waals surface area (Å²) in [7, 11) is 0. The van der Waals surface area contributed by atoms with E-state index in [1.807, 2.05) is 19.9 Å². The number of anilines is 1. The number of hydrogen-bond acceptors (Lipinski definition) is 7. The largest absolute Gasteiger partial charge is 0.422 e. The number of nitrogens with one attached hydrogen (secondary N) is 3. The van der Waals surface area contributed by atoms with Gasteiger partial charge in [0.25, 0.3) is 11.9 Å². The van der Waals surface area contributed by atoms with E-state index in [4.69, 9.17) is 4.42 Å². The van der Waals surface area contributed by atoms with E-state index >= 15 is 0 Å². The Morgan fingerprint density at radius 3 is 2.81 bits per heavy atom. The first kappa shape index (κ1) is 18.6. The average Bonchev–Trinajstić information content (AvgIpc) is 3.13. The third-order valence-electron chi connectivity index (χ3n) is 4.23. The van der Waals surface area contributed by atoms with Crippen LogP contribution in [0.25, 0.3) is 11.5 Å². The van der Waals surface area contributed by atoms with E-state index < -0.39 is 29.7 Å². The number of rotatable bonds is 6. The third kappa shape index (κ3) is 4.30. The molecule has 3 N–H and O–H groups in total. The Morgan fingerprint density at radius 1 is 1.30 bits per heavy atom. The summed E-state index contributed by atoms with van der Waals surface area (Å²) < 4.78 is 5.63. The number of pyridine rings is 1. The molecule has 3 heterocycles. The number of aromatic nitrogens is 2. The molecule has 9 nitrogen and oxygen atoms in total. The molecule has 2 aromatic heterocycles. The zero-order valence-electron chi connectivity index (χ0n) is 15.1. The highest BCUT2D eigenvalue weighted by Gasteiger charge is 2.33. The molecule has 1 aliphatic heterocycles. The third-order valence-corrected chi connectivity index (χ3v) is 4.23. The lowest BCUT2D eigenvalue weighted by molar-refractivity contribution is -0.141. The molecule has 27 heavy (non-hydrogen) atoms. The van der Waals surface area contributed by atoms with Crippen LogP contribution in [0.3, 0.4) is 0 Å². The van der Waals surface area contributed by atoms with Gasteiger partial charge in [0, 0.05) is 12.7 Å². The summed E-state index contributed by atoms with van der Waals surface area (Å²) in [5.74, 6) is -1.34. The van der Waals surface area contributed by atoms with Crippen molar-refractivity contribution >= 4 is 23.6 Å². The first-order valence-corrected chi connectivity index (χ1v) is 8.72. The number of Topliss-reactive ketones (excluding diaryl/α,β-unsaturated/α-hetero) is 1. The molecule has 2 amide bonds. The standard InChI is InChI=1S/C18H21N5O4/c1-10(2)14(16(25)22-12-6-8-20-17(26)15(12)24)23-18-21-9-13(27-18)11-5-3-4-7-19-11/h3-5,7,9-10,12,14H,6,8H2,1-2H3,(H,20,26)(H,21,23)(H,22,25). The van der Waals surface area contributed by atoms with Crippen LogP contribution in [0.4, 0.5) is 6.01 Å². The van der Waals surface area contributed by atoms with Crippen LogP contribution in [0, 0.1) is 5.92 Å². The molecule has 2 atom stereocenters. The molecule has 0 saturated carbocycles. The predicted octanol–water partition coefficient (Wildman–Crippen LogP) is 0.747. The normalized spacial score (nSPS) is 18.1. The molecule has 0 radical (unpaired) electrons. The molecule has 2 aromatic rings. The molecule has 0 aromatic carbocycles. The smallest absolute Gasteiger partial charge is 0.295 e. The fraction of sp³-hybridized carbons (Fsp3) is 0.389. The van der Waals surface area contributed by atoms with Crippen LogP contribution in [-0.4, -0.2) is 46.2 Å². The van der Waals surface area contributed by atoms with Crippen molar-refractivity contribution < 1.29 is 18.8 Å². The van der Waals surface area contributed by atoms with E-state index in [9.17, 15) is 14.4 Å². The first-order valence-electron chi connectivity index (χ1n) is 8.72. The van der Waals surface area contributed by atoms with Gasteiger partial charge < -0.3 is 20.4 Å². The van der Waals surface area contributed by atoms with Crippen LogP contribution in [-0.2, 0) is 14.4 Å². The first-order chi connectivity index (χ1) is 13.0. The summed E-state index contributed by atoms with van der Waals surface area (Å²) in [4.78, 5) is 44.3. The van der Waals surface area contributed by atoms with E-state index in [-0.39, 0.29) is 11.9 Å². The van der Waals surface area contributed by atoms with Crippen LogP contribution in [0.2, 0.25) is 0 Å². The van der Waals surface area contributed by atoms with Crippen molar-refractivity contribution in [1.29, 1.82) is 0 Å². The van der Waals surface area contributed by atoms with Crippen molar-refractivity contribution in [3.63, 3.8) is 0 Å². The summed E-state index contributed by atoms with van der Waals surface area (Å²) in [6.45, 7) is 4.06. The van der Waals surface area contributed by atoms with Gasteiger partial charge in [0.05, 0.1) is 12.2 Å². The van der Waals surface area contributed by atoms with Crippen molar-refractivity contribution in [3.8, 4) is 11.5 Å². The maximum Gasteiger partial charge on any atom is 0.295 e. The van der Waals surface area contributed by atoms with E-state index in [1.54, 1.807) is 18.3 Å². The average molecular weight is 371 g/mol.